The van der Waals surface area contributed by atoms with Crippen molar-refractivity contribution in [3.05, 3.63) is 52.6 Å². The smallest absolute Gasteiger partial charge is 0.257 e. The average molecular weight is 379 g/mol. The summed E-state index contributed by atoms with van der Waals surface area (Å²) in [5.74, 6) is 0.651. The highest BCUT2D eigenvalue weighted by Gasteiger charge is 2.17. The van der Waals surface area contributed by atoms with E-state index in [1.165, 1.54) is 0 Å². The standard InChI is InChI=1S/C17H19BrN2O3/c1-3-13(11-22-2)20-16(21)15-8-5-9-19-17(15)23-14-7-4-6-12(18)10-14/h4-10,13H,3,11H2,1-2H3,(H,20,21). The molecule has 1 atom stereocenters. The number of amides is 1. The number of hydrogen-bond acceptors (Lipinski definition) is 4. The fourth-order valence-corrected chi connectivity index (χ4v) is 2.39. The molecule has 0 bridgehead atoms. The normalized spacial score (nSPS) is 11.8. The molecule has 0 saturated heterocycles. The third-order valence-corrected chi connectivity index (χ3v) is 3.72. The first kappa shape index (κ1) is 17.4. The number of methoxy groups -OCH3 is 1. The summed E-state index contributed by atoms with van der Waals surface area (Å²) >= 11 is 3.39. The van der Waals surface area contributed by atoms with Gasteiger partial charge in [0.1, 0.15) is 11.3 Å². The SMILES string of the molecule is CCC(COC)NC(=O)c1cccnc1Oc1cccc(Br)c1. The van der Waals surface area contributed by atoms with Crippen molar-refractivity contribution in [2.45, 2.75) is 19.4 Å². The van der Waals surface area contributed by atoms with E-state index in [-0.39, 0.29) is 17.8 Å². The van der Waals surface area contributed by atoms with Gasteiger partial charge in [-0.1, -0.05) is 28.9 Å². The van der Waals surface area contributed by atoms with Gasteiger partial charge in [0, 0.05) is 17.8 Å². The number of carbonyl (C=O) groups excluding carboxylic acids is 1. The molecule has 5 nitrogen and oxygen atoms in total. The summed E-state index contributed by atoms with van der Waals surface area (Å²) in [6, 6.07) is 10.7. The van der Waals surface area contributed by atoms with E-state index in [9.17, 15) is 4.79 Å². The number of nitrogens with zero attached hydrogens (tertiary/aromatic N) is 1. The molecule has 0 aliphatic heterocycles. The predicted molar refractivity (Wildman–Crippen MR) is 91.9 cm³/mol. The first-order valence-corrected chi connectivity index (χ1v) is 8.11. The summed E-state index contributed by atoms with van der Waals surface area (Å²) in [6.45, 7) is 2.45. The Hall–Kier alpha value is -1.92. The summed E-state index contributed by atoms with van der Waals surface area (Å²) in [6.07, 6.45) is 2.37. The van der Waals surface area contributed by atoms with E-state index in [0.717, 1.165) is 10.9 Å². The van der Waals surface area contributed by atoms with Crippen molar-refractivity contribution < 1.29 is 14.3 Å². The van der Waals surface area contributed by atoms with E-state index in [2.05, 4.69) is 26.2 Å². The molecule has 122 valence electrons. The minimum Gasteiger partial charge on any atom is -0.438 e. The van der Waals surface area contributed by atoms with Crippen molar-refractivity contribution in [1.82, 2.24) is 10.3 Å². The zero-order valence-electron chi connectivity index (χ0n) is 13.1. The zero-order valence-corrected chi connectivity index (χ0v) is 14.7. The molecule has 0 saturated carbocycles. The Labute approximate surface area is 144 Å². The van der Waals surface area contributed by atoms with Gasteiger partial charge in [0.15, 0.2) is 0 Å². The molecule has 0 radical (unpaired) electrons. The van der Waals surface area contributed by atoms with Crippen LogP contribution in [-0.2, 0) is 4.74 Å². The van der Waals surface area contributed by atoms with Crippen molar-refractivity contribution >= 4 is 21.8 Å². The zero-order chi connectivity index (χ0) is 16.7. The van der Waals surface area contributed by atoms with Crippen molar-refractivity contribution in [1.29, 1.82) is 0 Å². The highest BCUT2D eigenvalue weighted by molar-refractivity contribution is 9.10. The van der Waals surface area contributed by atoms with E-state index in [0.29, 0.717) is 17.9 Å². The molecule has 1 aromatic carbocycles. The number of aromatic nitrogens is 1. The van der Waals surface area contributed by atoms with Gasteiger partial charge in [0.2, 0.25) is 5.88 Å². The molecule has 1 N–H and O–H groups in total. The first-order chi connectivity index (χ1) is 11.1. The first-order valence-electron chi connectivity index (χ1n) is 7.32. The van der Waals surface area contributed by atoms with E-state index in [1.54, 1.807) is 31.5 Å². The molecule has 23 heavy (non-hydrogen) atoms. The number of halogens is 1. The van der Waals surface area contributed by atoms with E-state index in [1.807, 2.05) is 25.1 Å². The van der Waals surface area contributed by atoms with Crippen LogP contribution in [-0.4, -0.2) is 30.6 Å². The van der Waals surface area contributed by atoms with Crippen LogP contribution in [0.3, 0.4) is 0 Å². The van der Waals surface area contributed by atoms with Gasteiger partial charge in [-0.15, -0.1) is 0 Å². The molecule has 2 aromatic rings. The average Bonchev–Trinajstić information content (AvgIpc) is 2.55. The van der Waals surface area contributed by atoms with Crippen LogP contribution in [0.5, 0.6) is 11.6 Å². The Balaban J connectivity index is 2.18. The number of pyridine rings is 1. The molecule has 0 aliphatic carbocycles. The number of carbonyl (C=O) groups is 1. The van der Waals surface area contributed by atoms with Crippen molar-refractivity contribution in [2.75, 3.05) is 13.7 Å². The fourth-order valence-electron chi connectivity index (χ4n) is 2.01. The predicted octanol–water partition coefficient (Wildman–Crippen LogP) is 3.79. The third-order valence-electron chi connectivity index (χ3n) is 3.22. The minimum atomic E-state index is -0.230. The monoisotopic (exact) mass is 378 g/mol. The van der Waals surface area contributed by atoms with Crippen molar-refractivity contribution in [3.8, 4) is 11.6 Å². The van der Waals surface area contributed by atoms with Crippen LogP contribution in [0.2, 0.25) is 0 Å². The van der Waals surface area contributed by atoms with Crippen LogP contribution >= 0.6 is 15.9 Å². The molecule has 6 heteroatoms. The largest absolute Gasteiger partial charge is 0.438 e. The summed E-state index contributed by atoms with van der Waals surface area (Å²) in [5.41, 5.74) is 0.391. The number of hydrogen-bond donors (Lipinski definition) is 1. The van der Waals surface area contributed by atoms with E-state index in [4.69, 9.17) is 9.47 Å². The minimum absolute atomic E-state index is 0.0496. The van der Waals surface area contributed by atoms with Crippen LogP contribution < -0.4 is 10.1 Å². The molecule has 0 spiro atoms. The molecule has 0 aliphatic rings. The van der Waals surface area contributed by atoms with Gasteiger partial charge in [-0.3, -0.25) is 4.79 Å². The molecule has 1 unspecified atom stereocenters. The number of benzene rings is 1. The highest BCUT2D eigenvalue weighted by atomic mass is 79.9. The van der Waals surface area contributed by atoms with Crippen LogP contribution in [0.25, 0.3) is 0 Å². The van der Waals surface area contributed by atoms with Crippen LogP contribution in [0.1, 0.15) is 23.7 Å². The van der Waals surface area contributed by atoms with Gasteiger partial charge in [0.25, 0.3) is 5.91 Å². The summed E-state index contributed by atoms with van der Waals surface area (Å²) in [7, 11) is 1.61. The second-order valence-electron chi connectivity index (χ2n) is 4.95. The molecule has 1 amide bonds. The Morgan fingerprint density at radius 3 is 2.87 bits per heavy atom. The number of nitrogens with one attached hydrogen (secondary N) is 1. The van der Waals surface area contributed by atoms with Gasteiger partial charge < -0.3 is 14.8 Å². The Bertz CT molecular complexity index is 664. The maximum atomic E-state index is 12.5. The Morgan fingerprint density at radius 2 is 2.17 bits per heavy atom. The van der Waals surface area contributed by atoms with Gasteiger partial charge >= 0.3 is 0 Å². The molecule has 0 fully saturated rings. The molecule has 2 rings (SSSR count). The van der Waals surface area contributed by atoms with E-state index >= 15 is 0 Å². The van der Waals surface area contributed by atoms with E-state index < -0.39 is 0 Å². The lowest BCUT2D eigenvalue weighted by Gasteiger charge is -2.17. The topological polar surface area (TPSA) is 60.5 Å². The van der Waals surface area contributed by atoms with Crippen molar-refractivity contribution in [2.24, 2.45) is 0 Å². The van der Waals surface area contributed by atoms with Crippen LogP contribution in [0.15, 0.2) is 47.1 Å². The lowest BCUT2D eigenvalue weighted by atomic mass is 10.2. The summed E-state index contributed by atoms with van der Waals surface area (Å²) in [4.78, 5) is 16.6. The van der Waals surface area contributed by atoms with Crippen LogP contribution in [0, 0.1) is 0 Å². The molecular weight excluding hydrogens is 360 g/mol. The molecular formula is C17H19BrN2O3. The Kier molecular flexibility index (Phi) is 6.55. The van der Waals surface area contributed by atoms with Gasteiger partial charge in [0.05, 0.1) is 12.6 Å². The summed E-state index contributed by atoms with van der Waals surface area (Å²) in [5, 5.41) is 2.93. The maximum Gasteiger partial charge on any atom is 0.257 e. The third kappa shape index (κ3) is 5.04. The molecule has 1 heterocycles. The second kappa shape index (κ2) is 8.64. The summed E-state index contributed by atoms with van der Waals surface area (Å²) < 4.78 is 11.7. The van der Waals surface area contributed by atoms with Crippen LogP contribution in [0.4, 0.5) is 0 Å². The highest BCUT2D eigenvalue weighted by Crippen LogP contribution is 2.25. The quantitative estimate of drug-likeness (QED) is 0.795. The van der Waals surface area contributed by atoms with Crippen molar-refractivity contribution in [3.63, 3.8) is 0 Å². The fraction of sp³-hybridized carbons (Fsp3) is 0.294. The lowest BCUT2D eigenvalue weighted by Crippen LogP contribution is -2.37. The van der Waals surface area contributed by atoms with Gasteiger partial charge in [-0.05, 0) is 36.8 Å². The lowest BCUT2D eigenvalue weighted by molar-refractivity contribution is 0.0891. The number of rotatable bonds is 7. The second-order valence-corrected chi connectivity index (χ2v) is 5.87. The molecule has 1 aromatic heterocycles. The Morgan fingerprint density at radius 1 is 1.35 bits per heavy atom. The maximum absolute atomic E-state index is 12.5. The number of ether oxygens (including phenoxy) is 2. The van der Waals surface area contributed by atoms with Gasteiger partial charge in [-0.2, -0.15) is 0 Å². The van der Waals surface area contributed by atoms with Gasteiger partial charge in [-0.25, -0.2) is 4.98 Å².